The van der Waals surface area contributed by atoms with Gasteiger partial charge in [0.25, 0.3) is 0 Å². The van der Waals surface area contributed by atoms with Gasteiger partial charge in [-0.2, -0.15) is 0 Å². The molecule has 0 aromatic carbocycles. The number of anilines is 2. The van der Waals surface area contributed by atoms with Crippen molar-refractivity contribution < 1.29 is 9.90 Å². The zero-order valence-corrected chi connectivity index (χ0v) is 16.4. The number of rotatable bonds is 7. The van der Waals surface area contributed by atoms with E-state index in [1.54, 1.807) is 0 Å². The normalized spacial score (nSPS) is 18.8. The predicted octanol–water partition coefficient (Wildman–Crippen LogP) is 0.430. The molecule has 0 bridgehead atoms. The van der Waals surface area contributed by atoms with Gasteiger partial charge in [0.05, 0.1) is 6.61 Å². The quantitative estimate of drug-likeness (QED) is 0.739. The van der Waals surface area contributed by atoms with Crippen molar-refractivity contribution in [3.05, 3.63) is 12.1 Å². The molecule has 0 atom stereocenters. The molecule has 0 radical (unpaired) electrons. The smallest absolute Gasteiger partial charge is 0.222 e. The van der Waals surface area contributed by atoms with Crippen LogP contribution in [-0.2, 0) is 4.79 Å². The largest absolute Gasteiger partial charge is 0.395 e. The van der Waals surface area contributed by atoms with Crippen LogP contribution in [0.2, 0.25) is 0 Å². The Kier molecular flexibility index (Phi) is 7.23. The van der Waals surface area contributed by atoms with Gasteiger partial charge in [0, 0.05) is 65.3 Å². The standard InChI is InChI=1S/C19H32N6O2/c1-2-3-4-19(27)25-13-11-24(12-14-25)18-6-5-17(20-21-18)23-9-7-22(8-10-23)15-16-26/h5-6,26H,2-4,7-16H2,1H3. The minimum Gasteiger partial charge on any atom is -0.395 e. The number of carbonyl (C=O) groups excluding carboxylic acids is 1. The molecular formula is C19H32N6O2. The maximum Gasteiger partial charge on any atom is 0.222 e. The highest BCUT2D eigenvalue weighted by Crippen LogP contribution is 2.18. The lowest BCUT2D eigenvalue weighted by atomic mass is 10.2. The van der Waals surface area contributed by atoms with Crippen molar-refractivity contribution in [2.75, 3.05) is 75.3 Å². The van der Waals surface area contributed by atoms with Gasteiger partial charge in [-0.05, 0) is 18.6 Å². The molecule has 8 nitrogen and oxygen atoms in total. The van der Waals surface area contributed by atoms with Gasteiger partial charge in [-0.15, -0.1) is 10.2 Å². The number of nitrogens with zero attached hydrogens (tertiary/aromatic N) is 6. The summed E-state index contributed by atoms with van der Waals surface area (Å²) in [6, 6.07) is 4.08. The first-order valence-corrected chi connectivity index (χ1v) is 10.2. The molecule has 27 heavy (non-hydrogen) atoms. The van der Waals surface area contributed by atoms with E-state index in [-0.39, 0.29) is 12.5 Å². The van der Waals surface area contributed by atoms with Crippen molar-refractivity contribution in [3.63, 3.8) is 0 Å². The lowest BCUT2D eigenvalue weighted by molar-refractivity contribution is -0.131. The van der Waals surface area contributed by atoms with Crippen molar-refractivity contribution in [3.8, 4) is 0 Å². The van der Waals surface area contributed by atoms with Crippen LogP contribution in [0.3, 0.4) is 0 Å². The summed E-state index contributed by atoms with van der Waals surface area (Å²) in [6.45, 7) is 9.92. The zero-order chi connectivity index (χ0) is 19.1. The Bertz CT molecular complexity index is 580. The minimum atomic E-state index is 0.214. The summed E-state index contributed by atoms with van der Waals surface area (Å²) in [6.07, 6.45) is 2.70. The summed E-state index contributed by atoms with van der Waals surface area (Å²) in [4.78, 5) is 20.8. The van der Waals surface area contributed by atoms with Gasteiger partial charge in [0.15, 0.2) is 11.6 Å². The molecule has 0 unspecified atom stereocenters. The fourth-order valence-electron chi connectivity index (χ4n) is 3.67. The highest BCUT2D eigenvalue weighted by atomic mass is 16.3. The molecule has 1 aromatic heterocycles. The summed E-state index contributed by atoms with van der Waals surface area (Å²) in [7, 11) is 0. The summed E-state index contributed by atoms with van der Waals surface area (Å²) in [5.41, 5.74) is 0. The molecule has 0 aliphatic carbocycles. The summed E-state index contributed by atoms with van der Waals surface area (Å²) < 4.78 is 0. The van der Waals surface area contributed by atoms with E-state index in [0.29, 0.717) is 6.42 Å². The number of hydrogen-bond donors (Lipinski definition) is 1. The van der Waals surface area contributed by atoms with Crippen LogP contribution in [0, 0.1) is 0 Å². The number of piperazine rings is 2. The minimum absolute atomic E-state index is 0.214. The van der Waals surface area contributed by atoms with E-state index in [0.717, 1.165) is 83.4 Å². The summed E-state index contributed by atoms with van der Waals surface area (Å²) in [5, 5.41) is 17.9. The molecule has 0 saturated carbocycles. The number of aromatic nitrogens is 2. The molecule has 8 heteroatoms. The molecule has 1 aromatic rings. The Labute approximate surface area is 161 Å². The molecule has 0 spiro atoms. The average molecular weight is 377 g/mol. The molecule has 3 rings (SSSR count). The molecule has 1 N–H and O–H groups in total. The number of hydrogen-bond acceptors (Lipinski definition) is 7. The van der Waals surface area contributed by atoms with E-state index in [2.05, 4.69) is 31.8 Å². The molecule has 2 fully saturated rings. The van der Waals surface area contributed by atoms with Crippen LogP contribution >= 0.6 is 0 Å². The van der Waals surface area contributed by atoms with Gasteiger partial charge in [-0.25, -0.2) is 0 Å². The van der Waals surface area contributed by atoms with Crippen LogP contribution in [0.1, 0.15) is 26.2 Å². The van der Waals surface area contributed by atoms with E-state index in [9.17, 15) is 4.79 Å². The van der Waals surface area contributed by atoms with Crippen molar-refractivity contribution in [1.82, 2.24) is 20.0 Å². The molecule has 1 amide bonds. The first-order chi connectivity index (χ1) is 13.2. The van der Waals surface area contributed by atoms with Gasteiger partial charge < -0.3 is 19.8 Å². The van der Waals surface area contributed by atoms with Gasteiger partial charge in [0.2, 0.25) is 5.91 Å². The van der Waals surface area contributed by atoms with Crippen LogP contribution in [0.25, 0.3) is 0 Å². The molecule has 2 aliphatic rings. The lowest BCUT2D eigenvalue weighted by Gasteiger charge is -2.36. The fraction of sp³-hybridized carbons (Fsp3) is 0.737. The van der Waals surface area contributed by atoms with Crippen LogP contribution in [-0.4, -0.2) is 96.5 Å². The third-order valence-corrected chi connectivity index (χ3v) is 5.45. The first-order valence-electron chi connectivity index (χ1n) is 10.2. The van der Waals surface area contributed by atoms with Gasteiger partial charge in [-0.3, -0.25) is 9.69 Å². The second kappa shape index (κ2) is 9.85. The Balaban J connectivity index is 1.48. The van der Waals surface area contributed by atoms with Crippen molar-refractivity contribution in [1.29, 1.82) is 0 Å². The second-order valence-electron chi connectivity index (χ2n) is 7.27. The van der Waals surface area contributed by atoms with Crippen molar-refractivity contribution >= 4 is 17.5 Å². The Morgan fingerprint density at radius 2 is 1.52 bits per heavy atom. The third-order valence-electron chi connectivity index (χ3n) is 5.45. The van der Waals surface area contributed by atoms with E-state index in [1.807, 2.05) is 17.0 Å². The summed E-state index contributed by atoms with van der Waals surface area (Å²) >= 11 is 0. The first kappa shape index (κ1) is 19.8. The van der Waals surface area contributed by atoms with E-state index < -0.39 is 0 Å². The number of carbonyl (C=O) groups is 1. The van der Waals surface area contributed by atoms with E-state index >= 15 is 0 Å². The third kappa shape index (κ3) is 5.29. The second-order valence-corrected chi connectivity index (χ2v) is 7.27. The number of amides is 1. The monoisotopic (exact) mass is 376 g/mol. The maximum atomic E-state index is 12.1. The van der Waals surface area contributed by atoms with Crippen molar-refractivity contribution in [2.24, 2.45) is 0 Å². The van der Waals surface area contributed by atoms with Crippen molar-refractivity contribution in [2.45, 2.75) is 26.2 Å². The van der Waals surface area contributed by atoms with E-state index in [4.69, 9.17) is 5.11 Å². The van der Waals surface area contributed by atoms with Crippen LogP contribution in [0.15, 0.2) is 12.1 Å². The van der Waals surface area contributed by atoms with Gasteiger partial charge in [-0.1, -0.05) is 13.3 Å². The van der Waals surface area contributed by atoms with Crippen LogP contribution < -0.4 is 9.80 Å². The lowest BCUT2D eigenvalue weighted by Crippen LogP contribution is -2.49. The highest BCUT2D eigenvalue weighted by Gasteiger charge is 2.22. The zero-order valence-electron chi connectivity index (χ0n) is 16.4. The molecular weight excluding hydrogens is 344 g/mol. The molecule has 3 heterocycles. The number of aliphatic hydroxyl groups excluding tert-OH is 1. The highest BCUT2D eigenvalue weighted by molar-refractivity contribution is 5.76. The van der Waals surface area contributed by atoms with Crippen LogP contribution in [0.5, 0.6) is 0 Å². The topological polar surface area (TPSA) is 76.0 Å². The van der Waals surface area contributed by atoms with E-state index in [1.165, 1.54) is 0 Å². The fourth-order valence-corrected chi connectivity index (χ4v) is 3.67. The van der Waals surface area contributed by atoms with Gasteiger partial charge in [0.1, 0.15) is 0 Å². The Hall–Kier alpha value is -1.93. The number of unbranched alkanes of at least 4 members (excludes halogenated alkanes) is 1. The van der Waals surface area contributed by atoms with Crippen LogP contribution in [0.4, 0.5) is 11.6 Å². The Morgan fingerprint density at radius 1 is 0.963 bits per heavy atom. The van der Waals surface area contributed by atoms with Gasteiger partial charge >= 0.3 is 0 Å². The Morgan fingerprint density at radius 3 is 2.00 bits per heavy atom. The maximum absolute atomic E-state index is 12.1. The summed E-state index contributed by atoms with van der Waals surface area (Å²) in [5.74, 6) is 2.08. The SMILES string of the molecule is CCCCC(=O)N1CCN(c2ccc(N3CCN(CCO)CC3)nn2)CC1. The molecule has 150 valence electrons. The molecule has 2 saturated heterocycles. The predicted molar refractivity (Wildman–Crippen MR) is 106 cm³/mol. The molecule has 2 aliphatic heterocycles. The number of aliphatic hydroxyl groups is 1. The average Bonchev–Trinajstić information content (AvgIpc) is 2.73. The number of β-amino-alcohol motifs (C(OH)–C–C–N with tert-alkyl or cyclic N) is 1.